The maximum absolute atomic E-state index is 12.1. The second-order valence-electron chi connectivity index (χ2n) is 5.07. The Hall–Kier alpha value is -1.63. The number of anilines is 1. The number of hydrogen-bond donors (Lipinski definition) is 2. The van der Waals surface area contributed by atoms with Gasteiger partial charge in [0, 0.05) is 11.4 Å². The van der Waals surface area contributed by atoms with Crippen LogP contribution in [0.4, 0.5) is 9.93 Å². The Morgan fingerprint density at radius 2 is 2.36 bits per heavy atom. The lowest BCUT2D eigenvalue weighted by atomic mass is 10.1. The number of rotatable bonds is 3. The molecule has 22 heavy (non-hydrogen) atoms. The van der Waals surface area contributed by atoms with Crippen molar-refractivity contribution in [2.75, 3.05) is 11.9 Å². The summed E-state index contributed by atoms with van der Waals surface area (Å²) in [7, 11) is 0. The van der Waals surface area contributed by atoms with E-state index in [0.29, 0.717) is 23.4 Å². The Morgan fingerprint density at radius 3 is 3.14 bits per heavy atom. The number of ether oxygens (including phenoxy) is 1. The van der Waals surface area contributed by atoms with Gasteiger partial charge in [-0.05, 0) is 24.6 Å². The van der Waals surface area contributed by atoms with E-state index in [4.69, 9.17) is 16.3 Å². The van der Waals surface area contributed by atoms with E-state index in [2.05, 4.69) is 15.6 Å². The van der Waals surface area contributed by atoms with Crippen molar-refractivity contribution >= 4 is 34.1 Å². The molecular weight excluding hydrogens is 322 g/mol. The summed E-state index contributed by atoms with van der Waals surface area (Å²) in [6.45, 7) is 3.18. The molecule has 7 heteroatoms. The minimum Gasteiger partial charge on any atom is -0.375 e. The van der Waals surface area contributed by atoms with Crippen LogP contribution in [0.2, 0.25) is 5.02 Å². The second kappa shape index (κ2) is 6.64. The number of fused-ring (bicyclic) bond motifs is 1. The summed E-state index contributed by atoms with van der Waals surface area (Å²) in [6.07, 6.45) is 0.800. The lowest BCUT2D eigenvalue weighted by Gasteiger charge is -2.14. The second-order valence-corrected chi connectivity index (χ2v) is 6.59. The van der Waals surface area contributed by atoms with E-state index < -0.39 is 0 Å². The van der Waals surface area contributed by atoms with Crippen LogP contribution in [0.1, 0.15) is 29.1 Å². The van der Waals surface area contributed by atoms with E-state index in [9.17, 15) is 4.79 Å². The van der Waals surface area contributed by atoms with Gasteiger partial charge < -0.3 is 10.1 Å². The van der Waals surface area contributed by atoms with Crippen LogP contribution in [0, 0.1) is 0 Å². The predicted octanol–water partition coefficient (Wildman–Crippen LogP) is 3.75. The fourth-order valence-electron chi connectivity index (χ4n) is 2.27. The van der Waals surface area contributed by atoms with Crippen LogP contribution in [0.3, 0.4) is 0 Å². The van der Waals surface area contributed by atoms with Gasteiger partial charge in [0.1, 0.15) is 0 Å². The minimum atomic E-state index is -0.278. The van der Waals surface area contributed by atoms with Gasteiger partial charge in [0.25, 0.3) is 0 Å². The average Bonchev–Trinajstić information content (AvgIpc) is 2.89. The molecule has 3 rings (SSSR count). The maximum Gasteiger partial charge on any atom is 0.321 e. The fraction of sp³-hybridized carbons (Fsp3) is 0.333. The maximum atomic E-state index is 12.1. The molecule has 0 saturated heterocycles. The number of carbonyl (C=O) groups excluding carboxylic acids is 1. The zero-order valence-corrected chi connectivity index (χ0v) is 13.6. The first-order valence-corrected chi connectivity index (χ1v) is 8.20. The normalized spacial score (nSPS) is 15.0. The van der Waals surface area contributed by atoms with E-state index in [1.54, 1.807) is 6.07 Å². The molecule has 1 aliphatic heterocycles. The van der Waals surface area contributed by atoms with Crippen LogP contribution in [0.25, 0.3) is 0 Å². The Morgan fingerprint density at radius 1 is 1.50 bits per heavy atom. The Kier molecular flexibility index (Phi) is 4.61. The van der Waals surface area contributed by atoms with Crippen molar-refractivity contribution in [1.82, 2.24) is 10.3 Å². The minimum absolute atomic E-state index is 0.142. The van der Waals surface area contributed by atoms with Gasteiger partial charge in [-0.2, -0.15) is 0 Å². The molecule has 2 aromatic rings. The molecule has 2 N–H and O–H groups in total. The number of nitrogens with one attached hydrogen (secondary N) is 2. The molecule has 0 radical (unpaired) electrons. The highest BCUT2D eigenvalue weighted by molar-refractivity contribution is 7.15. The van der Waals surface area contributed by atoms with E-state index in [0.717, 1.165) is 22.6 Å². The highest BCUT2D eigenvalue weighted by Crippen LogP contribution is 2.27. The largest absolute Gasteiger partial charge is 0.375 e. The molecule has 0 spiro atoms. The molecule has 0 aliphatic carbocycles. The summed E-state index contributed by atoms with van der Waals surface area (Å²) in [6, 6.07) is 7.02. The molecule has 1 aromatic heterocycles. The zero-order chi connectivity index (χ0) is 15.5. The highest BCUT2D eigenvalue weighted by atomic mass is 35.5. The van der Waals surface area contributed by atoms with Crippen LogP contribution in [0.5, 0.6) is 0 Å². The summed E-state index contributed by atoms with van der Waals surface area (Å²) in [5.74, 6) is 0. The summed E-state index contributed by atoms with van der Waals surface area (Å²) < 4.78 is 5.38. The van der Waals surface area contributed by atoms with Gasteiger partial charge in [-0.3, -0.25) is 5.32 Å². The molecule has 0 fully saturated rings. The van der Waals surface area contributed by atoms with Crippen molar-refractivity contribution in [2.45, 2.75) is 26.0 Å². The Labute approximate surface area is 137 Å². The quantitative estimate of drug-likeness (QED) is 0.896. The molecule has 116 valence electrons. The van der Waals surface area contributed by atoms with Crippen LogP contribution in [-0.2, 0) is 17.8 Å². The lowest BCUT2D eigenvalue weighted by molar-refractivity contribution is 0.112. The fourth-order valence-corrected chi connectivity index (χ4v) is 3.41. The monoisotopic (exact) mass is 337 g/mol. The first-order chi connectivity index (χ1) is 10.6. The number of benzene rings is 1. The number of thiazole rings is 1. The van der Waals surface area contributed by atoms with Gasteiger partial charge >= 0.3 is 6.03 Å². The smallest absolute Gasteiger partial charge is 0.321 e. The summed E-state index contributed by atoms with van der Waals surface area (Å²) in [5, 5.41) is 6.92. The van der Waals surface area contributed by atoms with Crippen molar-refractivity contribution in [3.63, 3.8) is 0 Å². The number of nitrogens with zero attached hydrogens (tertiary/aromatic N) is 1. The molecule has 1 aliphatic rings. The molecule has 0 saturated carbocycles. The molecule has 1 unspecified atom stereocenters. The van der Waals surface area contributed by atoms with Crippen molar-refractivity contribution < 1.29 is 9.53 Å². The van der Waals surface area contributed by atoms with E-state index in [1.165, 1.54) is 11.3 Å². The number of carbonyl (C=O) groups is 1. The van der Waals surface area contributed by atoms with E-state index in [1.807, 2.05) is 25.1 Å². The molecule has 5 nitrogen and oxygen atoms in total. The van der Waals surface area contributed by atoms with E-state index >= 15 is 0 Å². The predicted molar refractivity (Wildman–Crippen MR) is 87.5 cm³/mol. The zero-order valence-electron chi connectivity index (χ0n) is 12.1. The molecule has 1 atom stereocenters. The van der Waals surface area contributed by atoms with Gasteiger partial charge in [0.05, 0.1) is 29.8 Å². The topological polar surface area (TPSA) is 63.2 Å². The van der Waals surface area contributed by atoms with Crippen molar-refractivity contribution in [3.8, 4) is 0 Å². The highest BCUT2D eigenvalue weighted by Gasteiger charge is 2.17. The van der Waals surface area contributed by atoms with Gasteiger partial charge in [0.15, 0.2) is 5.13 Å². The third-order valence-corrected chi connectivity index (χ3v) is 4.63. The molecule has 2 heterocycles. The number of halogens is 1. The SMILES string of the molecule is CC(NC(=O)Nc1nc2c(s1)COCC2)c1cccc(Cl)c1. The molecular formula is C15H16ClN3O2S. The Balaban J connectivity index is 1.61. The third-order valence-electron chi connectivity index (χ3n) is 3.41. The van der Waals surface area contributed by atoms with Crippen LogP contribution < -0.4 is 10.6 Å². The van der Waals surface area contributed by atoms with E-state index in [-0.39, 0.29) is 12.1 Å². The van der Waals surface area contributed by atoms with Gasteiger partial charge in [0.2, 0.25) is 0 Å². The third kappa shape index (κ3) is 3.58. The summed E-state index contributed by atoms with van der Waals surface area (Å²) in [4.78, 5) is 17.6. The molecule has 1 aromatic carbocycles. The standard InChI is InChI=1S/C15H16ClN3O2S/c1-9(10-3-2-4-11(16)7-10)17-14(20)19-15-18-12-5-6-21-8-13(12)22-15/h2-4,7,9H,5-6,8H2,1H3,(H2,17,18,19,20). The number of amides is 2. The Bertz CT molecular complexity index is 666. The van der Waals surface area contributed by atoms with Crippen molar-refractivity contribution in [3.05, 3.63) is 45.4 Å². The number of urea groups is 1. The van der Waals surface area contributed by atoms with Gasteiger partial charge in [-0.25, -0.2) is 9.78 Å². The summed E-state index contributed by atoms with van der Waals surface area (Å²) >= 11 is 7.42. The van der Waals surface area contributed by atoms with Crippen LogP contribution in [0.15, 0.2) is 24.3 Å². The summed E-state index contributed by atoms with van der Waals surface area (Å²) in [5.41, 5.74) is 1.98. The first kappa shape index (κ1) is 15.3. The number of hydrogen-bond acceptors (Lipinski definition) is 4. The number of aromatic nitrogens is 1. The van der Waals surface area contributed by atoms with Crippen molar-refractivity contribution in [1.29, 1.82) is 0 Å². The van der Waals surface area contributed by atoms with Crippen molar-refractivity contribution in [2.24, 2.45) is 0 Å². The van der Waals surface area contributed by atoms with Crippen LogP contribution in [-0.4, -0.2) is 17.6 Å². The van der Waals surface area contributed by atoms with Crippen LogP contribution >= 0.6 is 22.9 Å². The average molecular weight is 338 g/mol. The van der Waals surface area contributed by atoms with Gasteiger partial charge in [-0.1, -0.05) is 35.1 Å². The van der Waals surface area contributed by atoms with Gasteiger partial charge in [-0.15, -0.1) is 0 Å². The molecule has 0 bridgehead atoms. The lowest BCUT2D eigenvalue weighted by Crippen LogP contribution is -2.31. The molecule has 2 amide bonds. The first-order valence-electron chi connectivity index (χ1n) is 7.01.